The van der Waals surface area contributed by atoms with Gasteiger partial charge in [-0.15, -0.1) is 0 Å². The van der Waals surface area contributed by atoms with Crippen molar-refractivity contribution >= 4 is 11.6 Å². The van der Waals surface area contributed by atoms with Crippen molar-refractivity contribution in [2.45, 2.75) is 40.7 Å². The minimum atomic E-state index is -0.411. The van der Waals surface area contributed by atoms with Crippen LogP contribution in [0.15, 0.2) is 18.2 Å². The highest BCUT2D eigenvalue weighted by atomic mass is 16.6. The van der Waals surface area contributed by atoms with Crippen LogP contribution in [-0.4, -0.2) is 24.0 Å². The Morgan fingerprint density at radius 1 is 1.42 bits per heavy atom. The Hall–Kier alpha value is -2.39. The number of carbonyl (C=O) groups excluding carboxylic acids is 1. The summed E-state index contributed by atoms with van der Waals surface area (Å²) in [7, 11) is 0. The zero-order chi connectivity index (χ0) is 18.3. The molecule has 24 heavy (non-hydrogen) atoms. The zero-order valence-corrected chi connectivity index (χ0v) is 14.8. The lowest BCUT2D eigenvalue weighted by molar-refractivity contribution is -0.386. The van der Waals surface area contributed by atoms with Crippen molar-refractivity contribution in [3.8, 4) is 11.8 Å². The van der Waals surface area contributed by atoms with Gasteiger partial charge in [0.05, 0.1) is 23.1 Å². The van der Waals surface area contributed by atoms with Crippen LogP contribution in [0.1, 0.15) is 51.8 Å². The van der Waals surface area contributed by atoms with Gasteiger partial charge in [0.25, 0.3) is 5.69 Å². The zero-order valence-electron chi connectivity index (χ0n) is 14.8. The van der Waals surface area contributed by atoms with E-state index in [1.165, 1.54) is 13.0 Å². The van der Waals surface area contributed by atoms with Crippen LogP contribution in [0.4, 0.5) is 5.69 Å². The van der Waals surface area contributed by atoms with E-state index in [9.17, 15) is 14.9 Å². The van der Waals surface area contributed by atoms with Crippen molar-refractivity contribution in [2.75, 3.05) is 13.2 Å². The first-order valence-electron chi connectivity index (χ1n) is 7.80. The molecule has 0 radical (unpaired) electrons. The molecule has 0 unspecified atom stereocenters. The number of nitrogens with one attached hydrogen (secondary N) is 1. The fraction of sp³-hybridized carbons (Fsp3) is 0.500. The molecule has 1 N–H and O–H groups in total. The summed E-state index contributed by atoms with van der Waals surface area (Å²) >= 11 is 0. The lowest BCUT2D eigenvalue weighted by Gasteiger charge is -2.30. The number of amides is 1. The summed E-state index contributed by atoms with van der Waals surface area (Å²) in [6.07, 6.45) is -0.385. The third kappa shape index (κ3) is 5.67. The van der Waals surface area contributed by atoms with Gasteiger partial charge < -0.3 is 10.1 Å². The number of hydrogen-bond donors (Lipinski definition) is 1. The van der Waals surface area contributed by atoms with Crippen LogP contribution in [0.25, 0.3) is 0 Å². The van der Waals surface area contributed by atoms with E-state index < -0.39 is 4.92 Å². The van der Waals surface area contributed by atoms with Gasteiger partial charge in [-0.2, -0.15) is 0 Å². The molecule has 1 atom stereocenters. The Bertz CT molecular complexity index is 666. The molecule has 0 aromatic heterocycles. The SMILES string of the molecule is CCO[C@@H](c1ccc(C#CCNC(C)=O)cc1[N+](=O)[O-])C(C)(C)C. The van der Waals surface area contributed by atoms with Gasteiger partial charge in [0.1, 0.15) is 0 Å². The van der Waals surface area contributed by atoms with E-state index in [1.54, 1.807) is 12.1 Å². The Morgan fingerprint density at radius 2 is 2.08 bits per heavy atom. The first-order valence-corrected chi connectivity index (χ1v) is 7.80. The number of rotatable bonds is 5. The van der Waals surface area contributed by atoms with Gasteiger partial charge in [-0.05, 0) is 24.5 Å². The lowest BCUT2D eigenvalue weighted by atomic mass is 9.83. The Kier molecular flexibility index (Phi) is 6.93. The molecule has 1 rings (SSSR count). The van der Waals surface area contributed by atoms with Gasteiger partial charge in [-0.25, -0.2) is 0 Å². The summed E-state index contributed by atoms with van der Waals surface area (Å²) in [6, 6.07) is 4.89. The summed E-state index contributed by atoms with van der Waals surface area (Å²) in [6.45, 7) is 9.90. The smallest absolute Gasteiger partial charge is 0.276 e. The molecule has 1 aromatic carbocycles. The van der Waals surface area contributed by atoms with Gasteiger partial charge in [-0.1, -0.05) is 32.6 Å². The van der Waals surface area contributed by atoms with E-state index in [1.807, 2.05) is 27.7 Å². The summed E-state index contributed by atoms with van der Waals surface area (Å²) in [5, 5.41) is 14.0. The number of benzene rings is 1. The molecule has 0 aliphatic heterocycles. The largest absolute Gasteiger partial charge is 0.373 e. The number of carbonyl (C=O) groups is 1. The Balaban J connectivity index is 3.19. The predicted molar refractivity (Wildman–Crippen MR) is 92.5 cm³/mol. The first-order chi connectivity index (χ1) is 11.2. The average Bonchev–Trinajstić information content (AvgIpc) is 2.48. The van der Waals surface area contributed by atoms with Crippen molar-refractivity contribution in [2.24, 2.45) is 5.41 Å². The highest BCUT2D eigenvalue weighted by Gasteiger charge is 2.32. The van der Waals surface area contributed by atoms with Gasteiger partial charge >= 0.3 is 0 Å². The van der Waals surface area contributed by atoms with E-state index >= 15 is 0 Å². The van der Waals surface area contributed by atoms with Crippen molar-refractivity contribution < 1.29 is 14.5 Å². The highest BCUT2D eigenvalue weighted by molar-refractivity contribution is 5.73. The van der Waals surface area contributed by atoms with Crippen LogP contribution in [0.5, 0.6) is 0 Å². The van der Waals surface area contributed by atoms with Crippen molar-refractivity contribution in [1.29, 1.82) is 0 Å². The second-order valence-electron chi connectivity index (χ2n) is 6.44. The van der Waals surface area contributed by atoms with Crippen LogP contribution in [0, 0.1) is 27.4 Å². The van der Waals surface area contributed by atoms with E-state index in [0.717, 1.165) is 0 Å². The third-order valence-electron chi connectivity index (χ3n) is 3.29. The van der Waals surface area contributed by atoms with Gasteiger partial charge in [-0.3, -0.25) is 14.9 Å². The van der Waals surface area contributed by atoms with Crippen molar-refractivity contribution in [3.63, 3.8) is 0 Å². The molecule has 1 aromatic rings. The topological polar surface area (TPSA) is 81.5 Å². The fourth-order valence-corrected chi connectivity index (χ4v) is 2.29. The summed E-state index contributed by atoms with van der Waals surface area (Å²) in [5.41, 5.74) is 0.788. The molecule has 6 nitrogen and oxygen atoms in total. The predicted octanol–water partition coefficient (Wildman–Crippen LogP) is 3.21. The van der Waals surface area contributed by atoms with E-state index in [2.05, 4.69) is 17.2 Å². The molecule has 0 fully saturated rings. The second kappa shape index (κ2) is 8.46. The molecule has 0 saturated carbocycles. The maximum atomic E-state index is 11.5. The minimum Gasteiger partial charge on any atom is -0.373 e. The van der Waals surface area contributed by atoms with Crippen LogP contribution >= 0.6 is 0 Å². The normalized spacial score (nSPS) is 12.0. The fourth-order valence-electron chi connectivity index (χ4n) is 2.29. The molecule has 0 aliphatic rings. The second-order valence-corrected chi connectivity index (χ2v) is 6.44. The van der Waals surface area contributed by atoms with Crippen LogP contribution in [0.2, 0.25) is 0 Å². The van der Waals surface area contributed by atoms with Crippen LogP contribution in [-0.2, 0) is 9.53 Å². The summed E-state index contributed by atoms with van der Waals surface area (Å²) in [5.74, 6) is 5.42. The third-order valence-corrected chi connectivity index (χ3v) is 3.29. The molecule has 130 valence electrons. The van der Waals surface area contributed by atoms with Gasteiger partial charge in [0.2, 0.25) is 5.91 Å². The molecule has 0 saturated heterocycles. The Morgan fingerprint density at radius 3 is 2.58 bits per heavy atom. The van der Waals surface area contributed by atoms with Crippen molar-refractivity contribution in [3.05, 3.63) is 39.4 Å². The van der Waals surface area contributed by atoms with Gasteiger partial charge in [0, 0.05) is 25.2 Å². The summed E-state index contributed by atoms with van der Waals surface area (Å²) < 4.78 is 5.76. The van der Waals surface area contributed by atoms with Gasteiger partial charge in [0.15, 0.2) is 0 Å². The molecule has 1 amide bonds. The number of nitro benzene ring substituents is 1. The molecular formula is C18H24N2O4. The molecular weight excluding hydrogens is 308 g/mol. The molecule has 0 bridgehead atoms. The summed E-state index contributed by atoms with van der Waals surface area (Å²) in [4.78, 5) is 21.9. The average molecular weight is 332 g/mol. The van der Waals surface area contributed by atoms with Crippen LogP contribution < -0.4 is 5.32 Å². The molecule has 0 aliphatic carbocycles. The number of nitrogens with zero attached hydrogens (tertiary/aromatic N) is 1. The minimum absolute atomic E-state index is 0.00491. The first kappa shape index (κ1) is 19.7. The quantitative estimate of drug-likeness (QED) is 0.510. The molecule has 0 heterocycles. The highest BCUT2D eigenvalue weighted by Crippen LogP contribution is 2.40. The standard InChI is InChI=1S/C18H24N2O4/c1-6-24-17(18(3,4)5)15-10-9-14(12-16(15)20(22)23)8-7-11-19-13(2)21/h9-10,12,17H,6,11H2,1-5H3,(H,19,21)/t17-/m0/s1. The Labute approximate surface area is 142 Å². The molecule has 6 heteroatoms. The molecule has 0 spiro atoms. The van der Waals surface area contributed by atoms with Crippen LogP contribution in [0.3, 0.4) is 0 Å². The van der Waals surface area contributed by atoms with Crippen molar-refractivity contribution in [1.82, 2.24) is 5.32 Å². The maximum absolute atomic E-state index is 11.5. The monoisotopic (exact) mass is 332 g/mol. The van der Waals surface area contributed by atoms with E-state index in [4.69, 9.17) is 4.74 Å². The van der Waals surface area contributed by atoms with E-state index in [0.29, 0.717) is 17.7 Å². The van der Waals surface area contributed by atoms with E-state index in [-0.39, 0.29) is 29.7 Å². The lowest BCUT2D eigenvalue weighted by Crippen LogP contribution is -2.22. The number of hydrogen-bond acceptors (Lipinski definition) is 4. The number of nitro groups is 1. The maximum Gasteiger partial charge on any atom is 0.276 e. The number of ether oxygens (including phenoxy) is 1.